The molecular formula is C16H22O2. The minimum absolute atomic E-state index is 0.291. The molecule has 2 nitrogen and oxygen atoms in total. The molecule has 0 amide bonds. The Morgan fingerprint density at radius 1 is 1.22 bits per heavy atom. The van der Waals surface area contributed by atoms with E-state index < -0.39 is 5.60 Å². The monoisotopic (exact) mass is 246 g/mol. The fourth-order valence-corrected chi connectivity index (χ4v) is 1.75. The van der Waals surface area contributed by atoms with Crippen molar-refractivity contribution in [2.75, 3.05) is 0 Å². The van der Waals surface area contributed by atoms with E-state index in [9.17, 15) is 4.79 Å². The quantitative estimate of drug-likeness (QED) is 0.581. The van der Waals surface area contributed by atoms with Gasteiger partial charge in [0.15, 0.2) is 0 Å². The van der Waals surface area contributed by atoms with Crippen molar-refractivity contribution >= 4 is 11.5 Å². The summed E-state index contributed by atoms with van der Waals surface area (Å²) in [6, 6.07) is 6.22. The van der Waals surface area contributed by atoms with Gasteiger partial charge in [-0.15, -0.1) is 0 Å². The lowest BCUT2D eigenvalue weighted by molar-refractivity contribution is -0.148. The average molecular weight is 246 g/mol. The molecule has 0 saturated carbocycles. The number of carbonyl (C=O) groups excluding carboxylic acids is 1. The zero-order valence-corrected chi connectivity index (χ0v) is 12.1. The van der Waals surface area contributed by atoms with Crippen molar-refractivity contribution in [2.24, 2.45) is 0 Å². The van der Waals surface area contributed by atoms with Gasteiger partial charge in [0, 0.05) is 6.08 Å². The summed E-state index contributed by atoms with van der Waals surface area (Å²) in [5.41, 5.74) is 3.94. The molecular weight excluding hydrogens is 224 g/mol. The van der Waals surface area contributed by atoms with Gasteiger partial charge < -0.3 is 4.74 Å². The van der Waals surface area contributed by atoms with E-state index in [0.29, 0.717) is 0 Å². The van der Waals surface area contributed by atoms with Crippen LogP contribution in [0.25, 0.3) is 5.57 Å². The first-order chi connectivity index (χ1) is 8.19. The van der Waals surface area contributed by atoms with Gasteiger partial charge in [0.25, 0.3) is 0 Å². The highest BCUT2D eigenvalue weighted by Gasteiger charge is 2.15. The van der Waals surface area contributed by atoms with E-state index in [0.717, 1.165) is 16.7 Å². The van der Waals surface area contributed by atoms with Gasteiger partial charge in [-0.3, -0.25) is 0 Å². The Bertz CT molecular complexity index is 476. The molecule has 0 atom stereocenters. The highest BCUT2D eigenvalue weighted by atomic mass is 16.6. The maximum Gasteiger partial charge on any atom is 0.331 e. The van der Waals surface area contributed by atoms with Gasteiger partial charge >= 0.3 is 5.97 Å². The molecule has 1 aromatic carbocycles. The van der Waals surface area contributed by atoms with Gasteiger partial charge in [0.2, 0.25) is 0 Å². The molecule has 1 rings (SSSR count). The summed E-state index contributed by atoms with van der Waals surface area (Å²) in [6.45, 7) is 11.6. The van der Waals surface area contributed by atoms with Crippen LogP contribution in [0.1, 0.15) is 44.4 Å². The summed E-state index contributed by atoms with van der Waals surface area (Å²) >= 11 is 0. The van der Waals surface area contributed by atoms with Crippen molar-refractivity contribution in [3.63, 3.8) is 0 Å². The van der Waals surface area contributed by atoms with Crippen LogP contribution in [-0.4, -0.2) is 11.6 Å². The summed E-state index contributed by atoms with van der Waals surface area (Å²) in [6.07, 6.45) is 1.56. The maximum atomic E-state index is 11.7. The Morgan fingerprint density at radius 3 is 2.39 bits per heavy atom. The van der Waals surface area contributed by atoms with E-state index in [1.54, 1.807) is 6.08 Å². The minimum Gasteiger partial charge on any atom is -0.457 e. The second-order valence-corrected chi connectivity index (χ2v) is 5.68. The fourth-order valence-electron chi connectivity index (χ4n) is 1.75. The summed E-state index contributed by atoms with van der Waals surface area (Å²) in [5.74, 6) is -0.291. The summed E-state index contributed by atoms with van der Waals surface area (Å²) in [7, 11) is 0. The highest BCUT2D eigenvalue weighted by Crippen LogP contribution is 2.20. The fraction of sp³-hybridized carbons (Fsp3) is 0.438. The number of benzene rings is 1. The van der Waals surface area contributed by atoms with Crippen LogP contribution in [0.4, 0.5) is 0 Å². The molecule has 0 fully saturated rings. The van der Waals surface area contributed by atoms with Crippen molar-refractivity contribution in [3.05, 3.63) is 41.0 Å². The molecule has 0 aromatic heterocycles. The third-order valence-corrected chi connectivity index (χ3v) is 2.56. The number of hydrogen-bond donors (Lipinski definition) is 0. The molecule has 0 aliphatic rings. The molecule has 0 N–H and O–H groups in total. The smallest absolute Gasteiger partial charge is 0.331 e. The lowest BCUT2D eigenvalue weighted by atomic mass is 9.99. The van der Waals surface area contributed by atoms with E-state index in [1.165, 1.54) is 5.56 Å². The number of ether oxygens (including phenoxy) is 1. The van der Waals surface area contributed by atoms with E-state index in [-0.39, 0.29) is 5.97 Å². The lowest BCUT2D eigenvalue weighted by Crippen LogP contribution is -2.22. The predicted octanol–water partition coefficient (Wildman–Crippen LogP) is 4.05. The molecule has 0 radical (unpaired) electrons. The number of rotatable bonds is 2. The third-order valence-electron chi connectivity index (χ3n) is 2.56. The molecule has 0 aliphatic heterocycles. The van der Waals surface area contributed by atoms with Gasteiger partial charge in [-0.05, 0) is 58.2 Å². The zero-order chi connectivity index (χ0) is 13.9. The standard InChI is InChI=1S/C16H22O2/c1-11-7-8-12(2)14(9-11)13(3)10-15(17)18-16(4,5)6/h7-10H,1-6H3/b13-10-. The van der Waals surface area contributed by atoms with E-state index >= 15 is 0 Å². The Kier molecular flexibility index (Phi) is 4.33. The molecule has 0 spiro atoms. The van der Waals surface area contributed by atoms with E-state index in [4.69, 9.17) is 4.74 Å². The first-order valence-corrected chi connectivity index (χ1v) is 6.18. The number of aryl methyl sites for hydroxylation is 2. The van der Waals surface area contributed by atoms with Gasteiger partial charge in [0.05, 0.1) is 0 Å². The van der Waals surface area contributed by atoms with Crippen LogP contribution in [0, 0.1) is 13.8 Å². The third kappa shape index (κ3) is 4.36. The highest BCUT2D eigenvalue weighted by molar-refractivity contribution is 5.91. The molecule has 98 valence electrons. The number of carbonyl (C=O) groups is 1. The van der Waals surface area contributed by atoms with Gasteiger partial charge in [-0.1, -0.05) is 23.8 Å². The molecule has 1 aromatic rings. The first-order valence-electron chi connectivity index (χ1n) is 6.18. The van der Waals surface area contributed by atoms with Crippen molar-refractivity contribution < 1.29 is 9.53 Å². The normalized spacial score (nSPS) is 12.4. The van der Waals surface area contributed by atoms with E-state index in [1.807, 2.05) is 41.5 Å². The van der Waals surface area contributed by atoms with Gasteiger partial charge in [-0.25, -0.2) is 4.79 Å². The van der Waals surface area contributed by atoms with Crippen molar-refractivity contribution in [3.8, 4) is 0 Å². The molecule has 0 heterocycles. The molecule has 18 heavy (non-hydrogen) atoms. The molecule has 0 aliphatic carbocycles. The second-order valence-electron chi connectivity index (χ2n) is 5.68. The van der Waals surface area contributed by atoms with Gasteiger partial charge in [-0.2, -0.15) is 0 Å². The SMILES string of the molecule is C/C(=C/C(=O)OC(C)(C)C)c1cc(C)ccc1C. The van der Waals surface area contributed by atoms with Crippen LogP contribution >= 0.6 is 0 Å². The number of allylic oxidation sites excluding steroid dienone is 1. The van der Waals surface area contributed by atoms with Crippen LogP contribution in [-0.2, 0) is 9.53 Å². The average Bonchev–Trinajstić information content (AvgIpc) is 2.18. The molecule has 0 bridgehead atoms. The Labute approximate surface area is 110 Å². The first kappa shape index (κ1) is 14.5. The molecule has 0 saturated heterocycles. The minimum atomic E-state index is -0.449. The lowest BCUT2D eigenvalue weighted by Gasteiger charge is -2.18. The van der Waals surface area contributed by atoms with Crippen molar-refractivity contribution in [1.29, 1.82) is 0 Å². The molecule has 0 unspecified atom stereocenters. The van der Waals surface area contributed by atoms with Gasteiger partial charge in [0.1, 0.15) is 5.60 Å². The number of esters is 1. The zero-order valence-electron chi connectivity index (χ0n) is 12.1. The maximum absolute atomic E-state index is 11.7. The Balaban J connectivity index is 2.96. The van der Waals surface area contributed by atoms with Crippen molar-refractivity contribution in [1.82, 2.24) is 0 Å². The second kappa shape index (κ2) is 5.38. The summed E-state index contributed by atoms with van der Waals surface area (Å²) in [5, 5.41) is 0. The summed E-state index contributed by atoms with van der Waals surface area (Å²) in [4.78, 5) is 11.7. The van der Waals surface area contributed by atoms with Crippen molar-refractivity contribution in [2.45, 2.75) is 47.1 Å². The van der Waals surface area contributed by atoms with Crippen LogP contribution in [0.15, 0.2) is 24.3 Å². The summed E-state index contributed by atoms with van der Waals surface area (Å²) < 4.78 is 5.28. The Hall–Kier alpha value is -1.57. The topological polar surface area (TPSA) is 26.3 Å². The van der Waals surface area contributed by atoms with E-state index in [2.05, 4.69) is 18.2 Å². The predicted molar refractivity (Wildman–Crippen MR) is 75.4 cm³/mol. The van der Waals surface area contributed by atoms with Crippen LogP contribution in [0.2, 0.25) is 0 Å². The van der Waals surface area contributed by atoms with Crippen LogP contribution < -0.4 is 0 Å². The Morgan fingerprint density at radius 2 is 1.83 bits per heavy atom. The molecule has 2 heteroatoms. The largest absolute Gasteiger partial charge is 0.457 e. The van der Waals surface area contributed by atoms with Crippen LogP contribution in [0.5, 0.6) is 0 Å². The van der Waals surface area contributed by atoms with Crippen LogP contribution in [0.3, 0.4) is 0 Å². The number of hydrogen-bond acceptors (Lipinski definition) is 2.